The van der Waals surface area contributed by atoms with Crippen molar-refractivity contribution in [1.29, 1.82) is 0 Å². The van der Waals surface area contributed by atoms with Crippen molar-refractivity contribution in [2.75, 3.05) is 12.3 Å². The van der Waals surface area contributed by atoms with Gasteiger partial charge in [0.2, 0.25) is 47.3 Å². The summed E-state index contributed by atoms with van der Waals surface area (Å²) in [6, 6.07) is 2.44. The van der Waals surface area contributed by atoms with Gasteiger partial charge in [-0.1, -0.05) is 98.6 Å². The molecule has 0 bridgehead atoms. The minimum Gasteiger partial charge on any atom is -0.508 e. The maximum atomic E-state index is 14.3. The molecule has 23 heteroatoms. The highest BCUT2D eigenvalue weighted by Crippen LogP contribution is 2.20. The molecule has 0 aliphatic rings. The van der Waals surface area contributed by atoms with Crippen molar-refractivity contribution in [2.45, 2.75) is 162 Å². The molecule has 0 fully saturated rings. The molecule has 10 atom stereocenters. The minimum atomic E-state index is -1.31. The molecule has 1 aromatic heterocycles. The van der Waals surface area contributed by atoms with Gasteiger partial charge in [-0.3, -0.25) is 38.4 Å². The molecule has 77 heavy (non-hydrogen) atoms. The standard InChI is InChI=1S/C54H83N11O11S/c1-10-31(8)45(54(75)76)65-46(67)32(9)58-48(69)41(25-34-26-57-38-17-12-11-15-36(34)38)61-53(74)43(29(4)5)63-50(71)39(23-28(2)3)60-52(73)44(30(6)7)64-51(72)42(27-77)62-49(70)40(24-33-18-20-35(66)21-19-33)59-47(68)37(56)16-13-14-22-55/h11-12,15,17-21,26,28-32,37,39-45,57,66,77H,10,13-14,16,22-25,27,55-56H2,1-9H3,(H,58,69)(H,59,68)(H,60,73)(H,61,74)(H,62,70)(H,63,71)(H,64,72)(H,65,67)(H,75,76)/t31-,32-,37-,39-,40-,41-,42-,43-,44-,45-/m0/s1. The van der Waals surface area contributed by atoms with Gasteiger partial charge >= 0.3 is 5.97 Å². The van der Waals surface area contributed by atoms with Crippen LogP contribution in [0.4, 0.5) is 0 Å². The van der Waals surface area contributed by atoms with Crippen LogP contribution in [-0.4, -0.2) is 135 Å². The molecule has 426 valence electrons. The highest BCUT2D eigenvalue weighted by atomic mass is 32.1. The Balaban J connectivity index is 1.83. The number of fused-ring (bicyclic) bond motifs is 1. The first kappa shape index (κ1) is 64.6. The molecule has 0 saturated carbocycles. The number of H-pyrrole nitrogens is 1. The third-order valence-electron chi connectivity index (χ3n) is 13.2. The van der Waals surface area contributed by atoms with Crippen LogP contribution in [0.1, 0.15) is 106 Å². The molecule has 22 nitrogen and oxygen atoms in total. The molecule has 3 rings (SSSR count). The molecular weight excluding hydrogens is 1010 g/mol. The van der Waals surface area contributed by atoms with Gasteiger partial charge in [-0.15, -0.1) is 0 Å². The van der Waals surface area contributed by atoms with Gasteiger partial charge in [-0.25, -0.2) is 4.79 Å². The smallest absolute Gasteiger partial charge is 0.326 e. The molecule has 0 saturated heterocycles. The van der Waals surface area contributed by atoms with Crippen LogP contribution >= 0.6 is 12.6 Å². The molecule has 15 N–H and O–H groups in total. The predicted octanol–water partition coefficient (Wildman–Crippen LogP) is 1.43. The number of hydrogen-bond acceptors (Lipinski definition) is 13. The highest BCUT2D eigenvalue weighted by Gasteiger charge is 2.37. The van der Waals surface area contributed by atoms with Crippen molar-refractivity contribution in [1.82, 2.24) is 47.5 Å². The Hall–Kier alpha value is -6.72. The topological polar surface area (TPSA) is 358 Å². The van der Waals surface area contributed by atoms with Gasteiger partial charge in [-0.05, 0) is 85.7 Å². The van der Waals surface area contributed by atoms with Gasteiger partial charge in [0.15, 0.2) is 0 Å². The van der Waals surface area contributed by atoms with Crippen LogP contribution in [0.25, 0.3) is 10.9 Å². The molecule has 1 heterocycles. The van der Waals surface area contributed by atoms with E-state index >= 15 is 0 Å². The number of hydrogen-bond donors (Lipinski definition) is 14. The normalized spacial score (nSPS) is 15.4. The molecule has 0 aliphatic heterocycles. The fourth-order valence-corrected chi connectivity index (χ4v) is 8.59. The van der Waals surface area contributed by atoms with E-state index in [1.165, 1.54) is 19.1 Å². The minimum absolute atomic E-state index is 0.00518. The summed E-state index contributed by atoms with van der Waals surface area (Å²) in [6.45, 7) is 15.7. The maximum Gasteiger partial charge on any atom is 0.326 e. The number of para-hydroxylation sites is 1. The van der Waals surface area contributed by atoms with Crippen LogP contribution in [0.3, 0.4) is 0 Å². The summed E-state index contributed by atoms with van der Waals surface area (Å²) >= 11 is 4.32. The Kier molecular flexibility index (Phi) is 26.4. The Bertz CT molecular complexity index is 2470. The fraction of sp³-hybridized carbons (Fsp3) is 0.574. The Labute approximate surface area is 456 Å². The zero-order valence-electron chi connectivity index (χ0n) is 45.7. The van der Waals surface area contributed by atoms with E-state index in [-0.39, 0.29) is 36.7 Å². The molecule has 0 unspecified atom stereocenters. The average molecular weight is 1090 g/mol. The number of aliphatic carboxylic acids is 1. The number of carboxylic acids is 1. The number of nitrogens with one attached hydrogen (secondary N) is 9. The van der Waals surface area contributed by atoms with Gasteiger partial charge in [0.05, 0.1) is 6.04 Å². The van der Waals surface area contributed by atoms with Crippen LogP contribution in [0.5, 0.6) is 5.75 Å². The lowest BCUT2D eigenvalue weighted by Gasteiger charge is -2.30. The van der Waals surface area contributed by atoms with Crippen LogP contribution in [0, 0.1) is 23.7 Å². The molecular formula is C54H83N11O11S. The van der Waals surface area contributed by atoms with Crippen molar-refractivity contribution in [3.8, 4) is 5.75 Å². The number of amides is 8. The third kappa shape index (κ3) is 20.3. The summed E-state index contributed by atoms with van der Waals surface area (Å²) in [5, 5.41) is 41.7. The number of aromatic nitrogens is 1. The molecule has 3 aromatic rings. The fourth-order valence-electron chi connectivity index (χ4n) is 8.34. The number of aromatic amines is 1. The Morgan fingerprint density at radius 3 is 1.65 bits per heavy atom. The predicted molar refractivity (Wildman–Crippen MR) is 296 cm³/mol. The lowest BCUT2D eigenvalue weighted by atomic mass is 9.97. The number of carbonyl (C=O) groups excluding carboxylic acids is 8. The van der Waals surface area contributed by atoms with Crippen molar-refractivity contribution < 1.29 is 53.4 Å². The summed E-state index contributed by atoms with van der Waals surface area (Å²) in [6.07, 6.45) is 3.75. The number of aromatic hydroxyl groups is 1. The van der Waals surface area contributed by atoms with Gasteiger partial charge in [0.1, 0.15) is 54.1 Å². The first-order valence-corrected chi connectivity index (χ1v) is 27.0. The molecule has 2 aromatic carbocycles. The largest absolute Gasteiger partial charge is 0.508 e. The van der Waals surface area contributed by atoms with Gasteiger partial charge < -0.3 is 69.2 Å². The Morgan fingerprint density at radius 1 is 0.597 bits per heavy atom. The van der Waals surface area contributed by atoms with Gasteiger partial charge in [0, 0.05) is 35.7 Å². The van der Waals surface area contributed by atoms with Crippen molar-refractivity contribution in [3.63, 3.8) is 0 Å². The zero-order valence-corrected chi connectivity index (χ0v) is 46.6. The van der Waals surface area contributed by atoms with Crippen LogP contribution in [-0.2, 0) is 56.0 Å². The number of carbonyl (C=O) groups is 9. The van der Waals surface area contributed by atoms with E-state index in [9.17, 15) is 53.4 Å². The number of rotatable bonds is 32. The van der Waals surface area contributed by atoms with E-state index in [1.807, 2.05) is 38.1 Å². The second-order valence-electron chi connectivity index (χ2n) is 20.8. The van der Waals surface area contributed by atoms with Crippen LogP contribution in [0.2, 0.25) is 0 Å². The number of carboxylic acid groups (broad SMARTS) is 1. The highest BCUT2D eigenvalue weighted by molar-refractivity contribution is 7.80. The lowest BCUT2D eigenvalue weighted by Crippen LogP contribution is -2.62. The van der Waals surface area contributed by atoms with Crippen molar-refractivity contribution in [3.05, 3.63) is 65.9 Å². The van der Waals surface area contributed by atoms with Crippen LogP contribution in [0.15, 0.2) is 54.7 Å². The van der Waals surface area contributed by atoms with E-state index < -0.39 is 125 Å². The molecule has 0 aliphatic carbocycles. The van der Waals surface area contributed by atoms with E-state index in [4.69, 9.17) is 11.5 Å². The van der Waals surface area contributed by atoms with Gasteiger partial charge in [-0.2, -0.15) is 12.6 Å². The SMILES string of the molecule is CC[C@H](C)[C@H](NC(=O)[C@H](C)NC(=O)[C@H](Cc1c[nH]c2ccccc12)NC(=O)[C@@H](NC(=O)[C@H](CC(C)C)NC(=O)[C@@H](NC(=O)[C@H](CS)NC(=O)[C@H](Cc1ccc(O)cc1)NC(=O)[C@@H](N)CCCCN)C(C)C)C(C)C)C(=O)O. The summed E-state index contributed by atoms with van der Waals surface area (Å²) in [7, 11) is 0. The van der Waals surface area contributed by atoms with E-state index in [1.54, 1.807) is 59.9 Å². The number of thiol groups is 1. The lowest BCUT2D eigenvalue weighted by molar-refractivity contribution is -0.143. The van der Waals surface area contributed by atoms with E-state index in [2.05, 4.69) is 60.1 Å². The quantitative estimate of drug-likeness (QED) is 0.0311. The first-order valence-electron chi connectivity index (χ1n) is 26.4. The van der Waals surface area contributed by atoms with Crippen molar-refractivity contribution in [2.24, 2.45) is 35.1 Å². The molecule has 8 amide bonds. The number of nitrogens with two attached hydrogens (primary N) is 2. The monoisotopic (exact) mass is 1090 g/mol. The maximum absolute atomic E-state index is 14.3. The van der Waals surface area contributed by atoms with E-state index in [0.29, 0.717) is 43.4 Å². The number of benzene rings is 2. The second-order valence-corrected chi connectivity index (χ2v) is 21.1. The Morgan fingerprint density at radius 2 is 1.10 bits per heavy atom. The summed E-state index contributed by atoms with van der Waals surface area (Å²) in [4.78, 5) is 126. The summed E-state index contributed by atoms with van der Waals surface area (Å²) in [5.41, 5.74) is 13.7. The van der Waals surface area contributed by atoms with Gasteiger partial charge in [0.25, 0.3) is 0 Å². The first-order chi connectivity index (χ1) is 36.3. The number of unbranched alkanes of at least 4 members (excludes halogenated alkanes) is 1. The van der Waals surface area contributed by atoms with Crippen molar-refractivity contribution >= 4 is 76.8 Å². The van der Waals surface area contributed by atoms with E-state index in [0.717, 1.165) is 10.9 Å². The summed E-state index contributed by atoms with van der Waals surface area (Å²) in [5.74, 6) is -8.97. The third-order valence-corrected chi connectivity index (χ3v) is 13.6. The second kappa shape index (κ2) is 31.5. The molecule has 0 radical (unpaired) electrons. The zero-order chi connectivity index (χ0) is 57.7. The summed E-state index contributed by atoms with van der Waals surface area (Å²) < 4.78 is 0. The number of phenols is 1. The average Bonchev–Trinajstić information content (AvgIpc) is 3.79. The van der Waals surface area contributed by atoms with Crippen LogP contribution < -0.4 is 54.0 Å². The number of phenolic OH excluding ortho intramolecular Hbond substituents is 1. The molecule has 0 spiro atoms.